The zero-order valence-electron chi connectivity index (χ0n) is 9.81. The van der Waals surface area contributed by atoms with Gasteiger partial charge >= 0.3 is 0 Å². The fraction of sp³-hybridized carbons (Fsp3) is 0.571. The molecule has 1 aromatic rings. The molecule has 2 nitrogen and oxygen atoms in total. The molecule has 0 heterocycles. The van der Waals surface area contributed by atoms with E-state index in [-0.39, 0.29) is 6.61 Å². The van der Waals surface area contributed by atoms with Crippen molar-refractivity contribution in [2.45, 2.75) is 31.7 Å². The standard InChI is InChI=1S/C14H21NO/c16-12-11-15(14-7-4-8-14)10-9-13-5-2-1-3-6-13/h1-3,5-6,14,16H,4,7-12H2. The Hall–Kier alpha value is -0.860. The fourth-order valence-corrected chi connectivity index (χ4v) is 2.27. The maximum Gasteiger partial charge on any atom is 0.0558 e. The molecule has 0 unspecified atom stereocenters. The summed E-state index contributed by atoms with van der Waals surface area (Å²) in [4.78, 5) is 2.44. The molecule has 1 aromatic carbocycles. The van der Waals surface area contributed by atoms with Gasteiger partial charge in [-0.25, -0.2) is 0 Å². The van der Waals surface area contributed by atoms with Crippen LogP contribution in [0.4, 0.5) is 0 Å². The van der Waals surface area contributed by atoms with Crippen molar-refractivity contribution in [2.24, 2.45) is 0 Å². The number of nitrogens with zero attached hydrogens (tertiary/aromatic N) is 1. The number of aliphatic hydroxyl groups is 1. The van der Waals surface area contributed by atoms with E-state index >= 15 is 0 Å². The molecule has 0 bridgehead atoms. The molecule has 1 aliphatic carbocycles. The van der Waals surface area contributed by atoms with Gasteiger partial charge in [-0.3, -0.25) is 4.90 Å². The summed E-state index contributed by atoms with van der Waals surface area (Å²) >= 11 is 0. The Kier molecular flexibility index (Phi) is 4.37. The van der Waals surface area contributed by atoms with E-state index in [1.807, 2.05) is 0 Å². The summed E-state index contributed by atoms with van der Waals surface area (Å²) in [6.07, 6.45) is 5.08. The molecule has 1 aliphatic rings. The van der Waals surface area contributed by atoms with Crippen molar-refractivity contribution in [2.75, 3.05) is 19.7 Å². The minimum absolute atomic E-state index is 0.283. The lowest BCUT2D eigenvalue weighted by Crippen LogP contribution is -2.42. The molecule has 16 heavy (non-hydrogen) atoms. The second-order valence-electron chi connectivity index (χ2n) is 4.58. The number of hydrogen-bond donors (Lipinski definition) is 1. The normalized spacial score (nSPS) is 16.4. The molecule has 2 heteroatoms. The van der Waals surface area contributed by atoms with Gasteiger partial charge in [-0.05, 0) is 24.8 Å². The second kappa shape index (κ2) is 6.02. The van der Waals surface area contributed by atoms with Crippen LogP contribution in [0.15, 0.2) is 30.3 Å². The Morgan fingerprint density at radius 1 is 1.12 bits per heavy atom. The summed E-state index contributed by atoms with van der Waals surface area (Å²) in [6.45, 7) is 2.19. The molecule has 1 saturated carbocycles. The highest BCUT2D eigenvalue weighted by molar-refractivity contribution is 5.14. The lowest BCUT2D eigenvalue weighted by Gasteiger charge is -2.37. The van der Waals surface area contributed by atoms with E-state index in [2.05, 4.69) is 35.2 Å². The number of hydrogen-bond acceptors (Lipinski definition) is 2. The first-order chi connectivity index (χ1) is 7.90. The molecule has 88 valence electrons. The average Bonchev–Trinajstić information content (AvgIpc) is 2.25. The van der Waals surface area contributed by atoms with Crippen molar-refractivity contribution < 1.29 is 5.11 Å². The summed E-state index contributed by atoms with van der Waals surface area (Å²) in [5.41, 5.74) is 1.39. The third-order valence-electron chi connectivity index (χ3n) is 3.51. The lowest BCUT2D eigenvalue weighted by atomic mass is 9.91. The largest absolute Gasteiger partial charge is 0.395 e. The zero-order chi connectivity index (χ0) is 11.2. The highest BCUT2D eigenvalue weighted by Crippen LogP contribution is 2.24. The molecule has 0 atom stereocenters. The van der Waals surface area contributed by atoms with Gasteiger partial charge in [-0.15, -0.1) is 0 Å². The first kappa shape index (κ1) is 11.6. The SMILES string of the molecule is OCCN(CCc1ccccc1)C1CCC1. The van der Waals surface area contributed by atoms with E-state index in [4.69, 9.17) is 5.11 Å². The smallest absolute Gasteiger partial charge is 0.0558 e. The summed E-state index contributed by atoms with van der Waals surface area (Å²) < 4.78 is 0. The Bertz CT molecular complexity index is 295. The van der Waals surface area contributed by atoms with Gasteiger partial charge in [0.15, 0.2) is 0 Å². The van der Waals surface area contributed by atoms with Crippen molar-refractivity contribution >= 4 is 0 Å². The van der Waals surface area contributed by atoms with E-state index in [9.17, 15) is 0 Å². The van der Waals surface area contributed by atoms with Crippen LogP contribution in [0, 0.1) is 0 Å². The van der Waals surface area contributed by atoms with Crippen LogP contribution in [0.5, 0.6) is 0 Å². The highest BCUT2D eigenvalue weighted by Gasteiger charge is 2.23. The molecular weight excluding hydrogens is 198 g/mol. The number of aliphatic hydroxyl groups excluding tert-OH is 1. The molecule has 0 aromatic heterocycles. The van der Waals surface area contributed by atoms with Gasteiger partial charge in [0.1, 0.15) is 0 Å². The van der Waals surface area contributed by atoms with Crippen molar-refractivity contribution in [3.05, 3.63) is 35.9 Å². The Labute approximate surface area is 97.9 Å². The Balaban J connectivity index is 1.81. The van der Waals surface area contributed by atoms with Crippen LogP contribution in [0.2, 0.25) is 0 Å². The zero-order valence-corrected chi connectivity index (χ0v) is 9.81. The van der Waals surface area contributed by atoms with Crippen LogP contribution in [0.25, 0.3) is 0 Å². The molecule has 0 aliphatic heterocycles. The van der Waals surface area contributed by atoms with Crippen LogP contribution < -0.4 is 0 Å². The van der Waals surface area contributed by atoms with E-state index in [0.29, 0.717) is 0 Å². The molecule has 2 rings (SSSR count). The molecule has 0 amide bonds. The molecule has 1 fully saturated rings. The van der Waals surface area contributed by atoms with Gasteiger partial charge < -0.3 is 5.11 Å². The number of benzene rings is 1. The monoisotopic (exact) mass is 219 g/mol. The first-order valence-electron chi connectivity index (χ1n) is 6.29. The van der Waals surface area contributed by atoms with Crippen LogP contribution in [-0.2, 0) is 6.42 Å². The molecule has 1 N–H and O–H groups in total. The predicted octanol–water partition coefficient (Wildman–Crippen LogP) is 2.08. The summed E-state index contributed by atoms with van der Waals surface area (Å²) in [5.74, 6) is 0. The minimum Gasteiger partial charge on any atom is -0.395 e. The topological polar surface area (TPSA) is 23.5 Å². The Morgan fingerprint density at radius 3 is 2.44 bits per heavy atom. The van der Waals surface area contributed by atoms with Gasteiger partial charge in [0.2, 0.25) is 0 Å². The third-order valence-corrected chi connectivity index (χ3v) is 3.51. The second-order valence-corrected chi connectivity index (χ2v) is 4.58. The lowest BCUT2D eigenvalue weighted by molar-refractivity contribution is 0.103. The summed E-state index contributed by atoms with van der Waals surface area (Å²) in [5, 5.41) is 9.06. The van der Waals surface area contributed by atoms with Crippen molar-refractivity contribution in [3.63, 3.8) is 0 Å². The van der Waals surface area contributed by atoms with Gasteiger partial charge in [0.25, 0.3) is 0 Å². The van der Waals surface area contributed by atoms with E-state index in [1.54, 1.807) is 0 Å². The molecule has 0 radical (unpaired) electrons. The van der Waals surface area contributed by atoms with E-state index in [0.717, 1.165) is 25.6 Å². The average molecular weight is 219 g/mol. The fourth-order valence-electron chi connectivity index (χ4n) is 2.27. The highest BCUT2D eigenvalue weighted by atomic mass is 16.3. The molecule has 0 saturated heterocycles. The summed E-state index contributed by atoms with van der Waals surface area (Å²) in [7, 11) is 0. The van der Waals surface area contributed by atoms with Crippen molar-refractivity contribution in [1.82, 2.24) is 4.90 Å². The van der Waals surface area contributed by atoms with Crippen molar-refractivity contribution in [1.29, 1.82) is 0 Å². The maximum atomic E-state index is 9.06. The van der Waals surface area contributed by atoms with E-state index < -0.39 is 0 Å². The minimum atomic E-state index is 0.283. The van der Waals surface area contributed by atoms with Crippen LogP contribution >= 0.6 is 0 Å². The predicted molar refractivity (Wildman–Crippen MR) is 66.4 cm³/mol. The maximum absolute atomic E-state index is 9.06. The van der Waals surface area contributed by atoms with Crippen LogP contribution in [0.3, 0.4) is 0 Å². The quantitative estimate of drug-likeness (QED) is 0.792. The summed E-state index contributed by atoms with van der Waals surface area (Å²) in [6, 6.07) is 11.3. The van der Waals surface area contributed by atoms with Crippen LogP contribution in [-0.4, -0.2) is 35.7 Å². The van der Waals surface area contributed by atoms with Gasteiger partial charge in [-0.2, -0.15) is 0 Å². The molecule has 0 spiro atoms. The first-order valence-corrected chi connectivity index (χ1v) is 6.29. The van der Waals surface area contributed by atoms with E-state index in [1.165, 1.54) is 24.8 Å². The van der Waals surface area contributed by atoms with Crippen molar-refractivity contribution in [3.8, 4) is 0 Å². The molecular formula is C14H21NO. The Morgan fingerprint density at radius 2 is 1.88 bits per heavy atom. The van der Waals surface area contributed by atoms with Gasteiger partial charge in [-0.1, -0.05) is 36.8 Å². The number of rotatable bonds is 6. The van der Waals surface area contributed by atoms with Crippen LogP contribution in [0.1, 0.15) is 24.8 Å². The van der Waals surface area contributed by atoms with Gasteiger partial charge in [0, 0.05) is 19.1 Å². The van der Waals surface area contributed by atoms with Gasteiger partial charge in [0.05, 0.1) is 6.61 Å². The third kappa shape index (κ3) is 3.06.